The van der Waals surface area contributed by atoms with E-state index >= 15 is 0 Å². The second kappa shape index (κ2) is 9.54. The van der Waals surface area contributed by atoms with Gasteiger partial charge in [-0.2, -0.15) is 4.98 Å². The van der Waals surface area contributed by atoms with E-state index in [4.69, 9.17) is 4.52 Å². The summed E-state index contributed by atoms with van der Waals surface area (Å²) in [7, 11) is 0. The molecule has 2 fully saturated rings. The number of benzene rings is 1. The fourth-order valence-corrected chi connectivity index (χ4v) is 4.79. The zero-order valence-electron chi connectivity index (χ0n) is 18.9. The Hall–Kier alpha value is -3.27. The summed E-state index contributed by atoms with van der Waals surface area (Å²) >= 11 is 3.45. The molecule has 1 aromatic carbocycles. The van der Waals surface area contributed by atoms with Crippen molar-refractivity contribution in [1.29, 1.82) is 0 Å². The van der Waals surface area contributed by atoms with E-state index in [0.29, 0.717) is 50.9 Å². The second-order valence-electron chi connectivity index (χ2n) is 8.47. The highest BCUT2D eigenvalue weighted by atomic mass is 79.9. The molecule has 176 valence electrons. The molecule has 10 heteroatoms. The van der Waals surface area contributed by atoms with E-state index in [1.54, 1.807) is 11.1 Å². The monoisotopic (exact) mass is 524 g/mol. The highest BCUT2D eigenvalue weighted by Crippen LogP contribution is 2.29. The standard InChI is InChI=1S/C24H25BrN6O3/c1-2-21-27-23(28-34-21)16-6-7-20(26-14-16)29-8-10-30(11-9-29)24(33)17-12-22(32)31(15-17)19-5-3-4-18(25)13-19/h3-7,13-14,17H,2,8-12,15H2,1H3. The average Bonchev–Trinajstić information content (AvgIpc) is 3.51. The number of rotatable bonds is 5. The van der Waals surface area contributed by atoms with Gasteiger partial charge >= 0.3 is 0 Å². The van der Waals surface area contributed by atoms with Crippen LogP contribution in [0, 0.1) is 5.92 Å². The number of nitrogens with zero attached hydrogens (tertiary/aromatic N) is 6. The van der Waals surface area contributed by atoms with Crippen molar-refractivity contribution in [3.63, 3.8) is 0 Å². The average molecular weight is 525 g/mol. The third-order valence-corrected chi connectivity index (χ3v) is 6.78. The summed E-state index contributed by atoms with van der Waals surface area (Å²) in [4.78, 5) is 40.4. The Bertz CT molecular complexity index is 1190. The lowest BCUT2D eigenvalue weighted by Gasteiger charge is -2.36. The van der Waals surface area contributed by atoms with Gasteiger partial charge in [0.05, 0.1) is 5.92 Å². The number of piperazine rings is 1. The van der Waals surface area contributed by atoms with Crippen molar-refractivity contribution in [1.82, 2.24) is 20.0 Å². The molecule has 2 saturated heterocycles. The summed E-state index contributed by atoms with van der Waals surface area (Å²) < 4.78 is 6.08. The maximum Gasteiger partial charge on any atom is 0.228 e. The van der Waals surface area contributed by atoms with Crippen LogP contribution in [0.15, 0.2) is 51.6 Å². The number of amides is 2. The largest absolute Gasteiger partial charge is 0.353 e. The van der Waals surface area contributed by atoms with Gasteiger partial charge in [-0.25, -0.2) is 4.98 Å². The van der Waals surface area contributed by atoms with Gasteiger partial charge in [0.25, 0.3) is 0 Å². The number of anilines is 2. The number of hydrogen-bond donors (Lipinski definition) is 0. The molecule has 3 aromatic rings. The van der Waals surface area contributed by atoms with E-state index in [-0.39, 0.29) is 24.2 Å². The molecule has 0 bridgehead atoms. The van der Waals surface area contributed by atoms with Gasteiger partial charge in [-0.1, -0.05) is 34.1 Å². The van der Waals surface area contributed by atoms with Crippen LogP contribution in [0.4, 0.5) is 11.5 Å². The summed E-state index contributed by atoms with van der Waals surface area (Å²) in [6.07, 6.45) is 2.70. The normalized spacial score (nSPS) is 18.6. The first kappa shape index (κ1) is 22.5. The van der Waals surface area contributed by atoms with E-state index in [0.717, 1.165) is 21.5 Å². The molecule has 0 aliphatic carbocycles. The van der Waals surface area contributed by atoms with Crippen LogP contribution < -0.4 is 9.80 Å². The molecule has 2 aliphatic rings. The van der Waals surface area contributed by atoms with Crippen molar-refractivity contribution in [2.75, 3.05) is 42.5 Å². The Kier molecular flexibility index (Phi) is 6.32. The summed E-state index contributed by atoms with van der Waals surface area (Å²) in [5, 5.41) is 3.99. The summed E-state index contributed by atoms with van der Waals surface area (Å²) in [5.41, 5.74) is 1.63. The molecule has 2 amide bonds. The maximum atomic E-state index is 13.1. The zero-order chi connectivity index (χ0) is 23.7. The topological polar surface area (TPSA) is 95.7 Å². The number of carbonyl (C=O) groups is 2. The number of hydrogen-bond acceptors (Lipinski definition) is 7. The van der Waals surface area contributed by atoms with Crippen LogP contribution in [0.3, 0.4) is 0 Å². The Morgan fingerprint density at radius 3 is 2.68 bits per heavy atom. The molecule has 0 N–H and O–H groups in total. The third kappa shape index (κ3) is 4.54. The van der Waals surface area contributed by atoms with Crippen LogP contribution in [0.25, 0.3) is 11.4 Å². The van der Waals surface area contributed by atoms with E-state index in [1.165, 1.54) is 0 Å². The molecule has 2 aromatic heterocycles. The third-order valence-electron chi connectivity index (χ3n) is 6.29. The minimum absolute atomic E-state index is 0.00737. The number of aromatic nitrogens is 3. The highest BCUT2D eigenvalue weighted by Gasteiger charge is 2.38. The van der Waals surface area contributed by atoms with Gasteiger partial charge in [-0.3, -0.25) is 9.59 Å². The smallest absolute Gasteiger partial charge is 0.228 e. The van der Waals surface area contributed by atoms with Crippen molar-refractivity contribution in [3.8, 4) is 11.4 Å². The molecular formula is C24H25BrN6O3. The number of halogens is 1. The number of carbonyl (C=O) groups excluding carboxylic acids is 2. The molecule has 34 heavy (non-hydrogen) atoms. The van der Waals surface area contributed by atoms with Gasteiger partial charge in [0, 0.05) is 67.5 Å². The maximum absolute atomic E-state index is 13.1. The predicted molar refractivity (Wildman–Crippen MR) is 130 cm³/mol. The molecule has 0 saturated carbocycles. The van der Waals surface area contributed by atoms with Gasteiger partial charge < -0.3 is 19.2 Å². The van der Waals surface area contributed by atoms with Gasteiger partial charge in [-0.05, 0) is 30.3 Å². The van der Waals surface area contributed by atoms with Gasteiger partial charge in [-0.15, -0.1) is 0 Å². The second-order valence-corrected chi connectivity index (χ2v) is 9.38. The Labute approximate surface area is 205 Å². The lowest BCUT2D eigenvalue weighted by atomic mass is 10.1. The van der Waals surface area contributed by atoms with Gasteiger partial charge in [0.1, 0.15) is 5.82 Å². The van der Waals surface area contributed by atoms with E-state index in [9.17, 15) is 9.59 Å². The highest BCUT2D eigenvalue weighted by molar-refractivity contribution is 9.10. The lowest BCUT2D eigenvalue weighted by molar-refractivity contribution is -0.136. The molecule has 2 aliphatic heterocycles. The fraction of sp³-hybridized carbons (Fsp3) is 0.375. The van der Waals surface area contributed by atoms with Crippen molar-refractivity contribution >= 4 is 39.2 Å². The minimum Gasteiger partial charge on any atom is -0.353 e. The SMILES string of the molecule is CCc1nc(-c2ccc(N3CCN(C(=O)C4CC(=O)N(c5cccc(Br)c5)C4)CC3)nc2)no1. The first-order valence-electron chi connectivity index (χ1n) is 11.4. The number of pyridine rings is 1. The van der Waals surface area contributed by atoms with Crippen molar-refractivity contribution < 1.29 is 14.1 Å². The molecule has 9 nitrogen and oxygen atoms in total. The van der Waals surface area contributed by atoms with E-state index in [1.807, 2.05) is 48.2 Å². The van der Waals surface area contributed by atoms with Crippen LogP contribution in [0.2, 0.25) is 0 Å². The first-order valence-corrected chi connectivity index (χ1v) is 12.2. The lowest BCUT2D eigenvalue weighted by Crippen LogP contribution is -2.51. The molecule has 1 unspecified atom stereocenters. The summed E-state index contributed by atoms with van der Waals surface area (Å²) in [5.74, 6) is 1.73. The van der Waals surface area contributed by atoms with Crippen molar-refractivity contribution in [2.45, 2.75) is 19.8 Å². The van der Waals surface area contributed by atoms with Crippen molar-refractivity contribution in [3.05, 3.63) is 53.0 Å². The van der Waals surface area contributed by atoms with E-state index < -0.39 is 0 Å². The van der Waals surface area contributed by atoms with E-state index in [2.05, 4.69) is 36.0 Å². The quantitative estimate of drug-likeness (QED) is 0.505. The number of aryl methyl sites for hydroxylation is 1. The van der Waals surface area contributed by atoms with Crippen LogP contribution in [0.1, 0.15) is 19.2 Å². The molecule has 4 heterocycles. The Morgan fingerprint density at radius 1 is 1.18 bits per heavy atom. The van der Waals surface area contributed by atoms with Crippen LogP contribution in [-0.2, 0) is 16.0 Å². The van der Waals surface area contributed by atoms with Gasteiger partial charge in [0.2, 0.25) is 23.5 Å². The molecular weight excluding hydrogens is 500 g/mol. The minimum atomic E-state index is -0.307. The molecule has 0 radical (unpaired) electrons. The summed E-state index contributed by atoms with van der Waals surface area (Å²) in [6, 6.07) is 11.5. The molecule has 5 rings (SSSR count). The predicted octanol–water partition coefficient (Wildman–Crippen LogP) is 3.16. The zero-order valence-corrected chi connectivity index (χ0v) is 20.4. The van der Waals surface area contributed by atoms with Crippen LogP contribution >= 0.6 is 15.9 Å². The Balaban J connectivity index is 1.17. The molecule has 0 spiro atoms. The van der Waals surface area contributed by atoms with Gasteiger partial charge in [0.15, 0.2) is 0 Å². The van der Waals surface area contributed by atoms with Crippen molar-refractivity contribution in [2.24, 2.45) is 5.92 Å². The van der Waals surface area contributed by atoms with Crippen LogP contribution in [-0.4, -0.2) is 64.6 Å². The molecule has 1 atom stereocenters. The summed E-state index contributed by atoms with van der Waals surface area (Å²) in [6.45, 7) is 4.98. The fourth-order valence-electron chi connectivity index (χ4n) is 4.40. The van der Waals surface area contributed by atoms with Crippen LogP contribution in [0.5, 0.6) is 0 Å². The first-order chi connectivity index (χ1) is 16.5. The Morgan fingerprint density at radius 2 is 2.00 bits per heavy atom.